The molecule has 0 spiro atoms. The number of pyridine rings is 1. The van der Waals surface area contributed by atoms with Crippen LogP contribution in [0.1, 0.15) is 61.9 Å². The molecule has 61 nitrogen and oxygen atoms in total. The van der Waals surface area contributed by atoms with E-state index in [0.717, 1.165) is 28.1 Å². The number of aromatic nitrogens is 23. The first-order chi connectivity index (χ1) is 65.0. The summed E-state index contributed by atoms with van der Waals surface area (Å²) < 4.78 is 247. The number of anilines is 4. The summed E-state index contributed by atoms with van der Waals surface area (Å²) in [5.74, 6) is 0.0397. The van der Waals surface area contributed by atoms with Crippen LogP contribution in [-0.4, -0.2) is 298 Å². The fourth-order valence-electron chi connectivity index (χ4n) is 16.4. The van der Waals surface area contributed by atoms with Crippen molar-refractivity contribution in [3.8, 4) is 0 Å². The van der Waals surface area contributed by atoms with Gasteiger partial charge in [-0.3, -0.25) is 97.4 Å². The van der Waals surface area contributed by atoms with E-state index in [1.165, 1.54) is 62.8 Å². The Morgan fingerprint density at radius 2 is 0.693 bits per heavy atom. The predicted octanol–water partition coefficient (Wildman–Crippen LogP) is 0.421. The second-order valence-corrected chi connectivity index (χ2v) is 41.4. The number of nitrogen functional groups attached to an aromatic ring is 4. The average molecular weight is 2050 g/mol. The second-order valence-electron chi connectivity index (χ2n) is 31.8. The molecule has 738 valence electrons. The maximum absolute atomic E-state index is 16.0. The molecule has 9 fully saturated rings. The minimum atomic E-state index is -5.22. The summed E-state index contributed by atoms with van der Waals surface area (Å²) in [6.07, 6.45) is -27.3. The molecule has 9 saturated heterocycles. The van der Waals surface area contributed by atoms with Gasteiger partial charge in [0, 0.05) is 19.0 Å². The van der Waals surface area contributed by atoms with Crippen LogP contribution < -0.4 is 45.2 Å². The summed E-state index contributed by atoms with van der Waals surface area (Å²) in [5, 5.41) is 0. The molecule has 71 heteroatoms. The summed E-state index contributed by atoms with van der Waals surface area (Å²) in [7, 11) is -28.9. The molecule has 21 heterocycles. The number of hydrogen-bond donors (Lipinski definition) is 14. The Morgan fingerprint density at radius 3 is 1.16 bits per heavy atom. The van der Waals surface area contributed by atoms with Gasteiger partial charge in [-0.1, -0.05) is 0 Å². The van der Waals surface area contributed by atoms with Crippen LogP contribution in [-0.2, 0) is 111 Å². The van der Waals surface area contributed by atoms with Crippen LogP contribution in [0.2, 0.25) is 0 Å². The molecule has 21 rings (SSSR count). The lowest BCUT2D eigenvalue weighted by atomic mass is 10.1. The highest BCUT2D eigenvalue weighted by molar-refractivity contribution is 7.53. The van der Waals surface area contributed by atoms with Crippen LogP contribution in [0.15, 0.2) is 75.7 Å². The largest absolute Gasteiger partial charge is 0.472 e. The van der Waals surface area contributed by atoms with Crippen molar-refractivity contribution in [3.05, 3.63) is 110 Å². The number of imidazole rings is 6. The number of aromatic amines is 4. The summed E-state index contributed by atoms with van der Waals surface area (Å²) >= 11 is 0. The van der Waals surface area contributed by atoms with Crippen molar-refractivity contribution in [2.45, 2.75) is 162 Å². The molecular weight excluding hydrogens is 1980 g/mol. The van der Waals surface area contributed by atoms with E-state index in [-0.39, 0.29) is 109 Å². The number of phosphoric ester groups is 3. The summed E-state index contributed by atoms with van der Waals surface area (Å²) in [4.78, 5) is 175. The zero-order valence-corrected chi connectivity index (χ0v) is 75.2. The van der Waals surface area contributed by atoms with E-state index < -0.39 is 262 Å². The smallest absolute Gasteiger partial charge is 0.397 e. The number of aryl methyl sites for hydroxylation is 2. The van der Waals surface area contributed by atoms with Gasteiger partial charge in [-0.15, -0.1) is 0 Å². The monoisotopic (exact) mass is 2050 g/mol. The Labute approximate surface area is 756 Å². The maximum atomic E-state index is 16.0. The number of halogens is 4. The van der Waals surface area contributed by atoms with Gasteiger partial charge in [-0.05, 0) is 19.9 Å². The molecule has 12 unspecified atom stereocenters. The Morgan fingerprint density at radius 1 is 0.358 bits per heavy atom. The van der Waals surface area contributed by atoms with Crippen LogP contribution in [0.3, 0.4) is 0 Å². The zero-order valence-electron chi connectivity index (χ0n) is 69.8. The van der Waals surface area contributed by atoms with Crippen LogP contribution in [0, 0.1) is 13.8 Å². The topological polar surface area (TPSA) is 823 Å². The van der Waals surface area contributed by atoms with Crippen molar-refractivity contribution in [1.82, 2.24) is 112 Å². The molecule has 0 bridgehead atoms. The minimum Gasteiger partial charge on any atom is -0.397 e. The van der Waals surface area contributed by atoms with Crippen LogP contribution in [0.5, 0.6) is 0 Å². The number of fused-ring (bicyclic) bond motifs is 12. The Hall–Kier alpha value is -10.1. The fraction of sp³-hybridized carbons (Fsp3) is 0.530. The van der Waals surface area contributed by atoms with Gasteiger partial charge >= 0.3 is 46.3 Å². The third-order valence-corrected chi connectivity index (χ3v) is 28.7. The molecule has 28 atom stereocenters. The number of rotatable bonds is 6. The summed E-state index contributed by atoms with van der Waals surface area (Å²) in [6.45, 7) is -1.35. The first kappa shape index (κ1) is 95.8. The van der Waals surface area contributed by atoms with Crippen molar-refractivity contribution in [3.63, 3.8) is 0 Å². The van der Waals surface area contributed by atoms with E-state index in [1.807, 2.05) is 0 Å². The first-order valence-electron chi connectivity index (χ1n) is 40.5. The first-order valence-corrected chi connectivity index (χ1v) is 50.3. The number of phosphoric acid groups is 3. The molecule has 137 heavy (non-hydrogen) atoms. The van der Waals surface area contributed by atoms with Crippen LogP contribution >= 0.6 is 46.3 Å². The van der Waals surface area contributed by atoms with Gasteiger partial charge in [0.2, 0.25) is 11.9 Å². The van der Waals surface area contributed by atoms with E-state index in [0.29, 0.717) is 5.82 Å². The van der Waals surface area contributed by atoms with Crippen LogP contribution in [0.4, 0.5) is 41.0 Å². The highest BCUT2D eigenvalue weighted by atomic mass is 31.2. The number of nitrogens with zero attached hydrogens (tertiary/aromatic N) is 19. The lowest BCUT2D eigenvalue weighted by Crippen LogP contribution is -2.35. The molecule has 0 aliphatic carbocycles. The van der Waals surface area contributed by atoms with E-state index in [2.05, 4.69) is 84.7 Å². The van der Waals surface area contributed by atoms with Gasteiger partial charge < -0.3 is 118 Å². The zero-order chi connectivity index (χ0) is 96.8. The normalized spacial score (nSPS) is 36.5. The summed E-state index contributed by atoms with van der Waals surface area (Å²) in [6, 6.07) is 1.51. The fourth-order valence-corrected chi connectivity index (χ4v) is 21.8. The summed E-state index contributed by atoms with van der Waals surface area (Å²) in [5.41, 5.74) is 21.3. The molecular formula is C66H77F4N27O34P6. The number of H-pyrrole nitrogens is 4. The lowest BCUT2D eigenvalue weighted by molar-refractivity contribution is -0.0580. The number of hydrogen-bond acceptors (Lipinski definition) is 45. The molecule has 0 amide bonds. The minimum absolute atomic E-state index is 0.0275. The van der Waals surface area contributed by atoms with Gasteiger partial charge in [0.05, 0.1) is 89.4 Å². The molecule has 12 aromatic rings. The molecule has 9 aliphatic rings. The SMILES string of the molecule is Cc1nc2c(ncn2[C@@H]2O[C@@H]3COP(=O)(O)OC4[C@@H](COP(=O)(O)COC3[C@@H]2F)O[C@@H](n2cnc3c(=O)[nH]c(N)nc32)[C@H]4F)c(=O)[nH]1.Cc1nc2c(ncn2[C@H]2CC3OCP(=O)(O)OC[C@H]4O[C@@H](n5cnc6c(N)ncnc65)[C@@H](F)C4OP(=O)(O)OC[C@H]3O2)c(=O)[nH]1.Nc1nc2c(ncn2[C@H]2CC3OP(=O)(O)OC[C@H]4O[C@@H](n5cnc6c(N)ccnc65)[C@@H](F)C4OCP(=O)(O)OC[C@H]3O2)c(=O)[nH]1. The van der Waals surface area contributed by atoms with Crippen molar-refractivity contribution in [1.29, 1.82) is 0 Å². The third-order valence-electron chi connectivity index (χ3n) is 22.6. The van der Waals surface area contributed by atoms with E-state index in [9.17, 15) is 75.9 Å². The lowest BCUT2D eigenvalue weighted by Gasteiger charge is -2.23. The van der Waals surface area contributed by atoms with Gasteiger partial charge in [-0.25, -0.2) is 86.1 Å². The van der Waals surface area contributed by atoms with Crippen molar-refractivity contribution < 1.29 is 158 Å². The molecule has 12 aromatic heterocycles. The van der Waals surface area contributed by atoms with Crippen molar-refractivity contribution in [2.24, 2.45) is 0 Å². The van der Waals surface area contributed by atoms with E-state index in [4.69, 9.17) is 106 Å². The van der Waals surface area contributed by atoms with Crippen molar-refractivity contribution >= 4 is 137 Å². The molecule has 0 radical (unpaired) electrons. The molecule has 0 saturated carbocycles. The average Bonchev–Trinajstić information content (AvgIpc) is 1.62. The number of alkyl halides is 4. The number of ether oxygens (including phenoxy) is 9. The highest BCUT2D eigenvalue weighted by Gasteiger charge is 2.58. The van der Waals surface area contributed by atoms with Gasteiger partial charge in [0.1, 0.15) is 128 Å². The standard InChI is InChI=1S/C22H25F2N9O12P2.2C22H26FN9O11P2/c1-7-28-16-12(18(34)29-7)26-4-32(16)20-10(23)14-8(43-20)3-42-47(38,39)45-15-9(2-41-46(36,37)6-40-14)44-21(11(15)24)33-5-27-13-17(33)30-22(25)31-19(13)35;1-9-29-20-16(21(33)30-9)28-6-31(20)13-2-10-11(41-13)3-40-45(36,37)43-17-12(4-39-44(34,35)8-38-10)42-22(14(17)23)32-7-27-15-18(24)25-5-26-19(15)32;23-14-17-12(42-21(14)32-7-27-15-9(24)1-2-26-18(15)32)5-40-45(36,37)43-10-3-13(41-11(10)4-39-44(34,35)8-38-17)31-6-28-16-19(31)29-22(25)30-20(16)33/h4-5,8-11,14-15,20-21H,2-3,6H2,1H3,(H,36,37)(H,38,39)(H,28,29,34)(H3,25,30,31,35);5-7,10-14,17,22H,2-4,8H2,1H3,(H,34,35)(H,36,37)(H2,24,25,26)(H,29,30,33);1-2,6-7,10-14,17,21H,3-5,8H2,(H2,24,26)(H,34,35)(H,36,37)(H3,25,29,30,33)/t8-,9-,10+,11+,14?,15?,20-,21-;10?,11-,12-,13-,14+,17?,22-;10?,11-,12-,13-,14+,17?,21-/m111/s1. The Balaban J connectivity index is 0.000000132. The van der Waals surface area contributed by atoms with Gasteiger partial charge in [-0.2, -0.15) is 9.97 Å². The molecule has 9 aliphatic heterocycles. The molecule has 18 N–H and O–H groups in total. The highest BCUT2D eigenvalue weighted by Crippen LogP contribution is 2.57. The third kappa shape index (κ3) is 19.2. The van der Waals surface area contributed by atoms with E-state index in [1.54, 1.807) is 6.92 Å². The van der Waals surface area contributed by atoms with E-state index >= 15 is 17.6 Å². The maximum Gasteiger partial charge on any atom is 0.472 e. The van der Waals surface area contributed by atoms with Crippen molar-refractivity contribution in [2.75, 3.05) is 81.6 Å². The predicted molar refractivity (Wildman–Crippen MR) is 443 cm³/mol. The van der Waals surface area contributed by atoms with Crippen LogP contribution in [0.25, 0.3) is 67.0 Å². The number of nitrogens with two attached hydrogens (primary N) is 4. The molecule has 0 aromatic carbocycles. The van der Waals surface area contributed by atoms with Gasteiger partial charge in [0.25, 0.3) is 22.2 Å². The Bertz CT molecular complexity index is 7240. The Kier molecular flexibility index (Phi) is 25.8. The van der Waals surface area contributed by atoms with Gasteiger partial charge in [0.15, 0.2) is 111 Å². The quantitative estimate of drug-likeness (QED) is 0.0792. The second kappa shape index (κ2) is 36.8. The number of nitrogens with one attached hydrogen (secondary N) is 4.